The highest BCUT2D eigenvalue weighted by Gasteiger charge is 2.17. The first kappa shape index (κ1) is 20.9. The van der Waals surface area contributed by atoms with Gasteiger partial charge in [-0.1, -0.05) is 47.5 Å². The Morgan fingerprint density at radius 2 is 1.84 bits per heavy atom. The van der Waals surface area contributed by atoms with Crippen LogP contribution in [0.5, 0.6) is 5.75 Å². The molecule has 0 aliphatic heterocycles. The highest BCUT2D eigenvalue weighted by molar-refractivity contribution is 6.33. The van der Waals surface area contributed by atoms with Gasteiger partial charge in [0, 0.05) is 12.4 Å². The van der Waals surface area contributed by atoms with Gasteiger partial charge >= 0.3 is 0 Å². The number of aromatic nitrogens is 4. The van der Waals surface area contributed by atoms with Gasteiger partial charge in [0.25, 0.3) is 5.91 Å². The van der Waals surface area contributed by atoms with Crippen LogP contribution in [0.1, 0.15) is 16.1 Å². The number of amides is 1. The normalized spacial score (nSPS) is 10.8. The maximum Gasteiger partial charge on any atom is 0.275 e. The smallest absolute Gasteiger partial charge is 0.275 e. The second kappa shape index (κ2) is 9.20. The molecule has 0 unspecified atom stereocenters. The van der Waals surface area contributed by atoms with Gasteiger partial charge in [0.05, 0.1) is 11.6 Å². The van der Waals surface area contributed by atoms with Crippen LogP contribution in [0.25, 0.3) is 0 Å². The summed E-state index contributed by atoms with van der Waals surface area (Å²) >= 11 is 12.3. The van der Waals surface area contributed by atoms with Crippen molar-refractivity contribution in [2.75, 3.05) is 5.32 Å². The van der Waals surface area contributed by atoms with Crippen LogP contribution in [0.4, 0.5) is 10.2 Å². The molecule has 0 saturated heterocycles. The monoisotopic (exact) mass is 459 g/mol. The van der Waals surface area contributed by atoms with E-state index in [1.807, 2.05) is 0 Å². The van der Waals surface area contributed by atoms with Gasteiger partial charge in [0.15, 0.2) is 12.5 Å². The summed E-state index contributed by atoms with van der Waals surface area (Å²) in [5, 5.41) is 11.8. The van der Waals surface area contributed by atoms with Crippen molar-refractivity contribution in [2.45, 2.75) is 13.3 Å². The zero-order valence-corrected chi connectivity index (χ0v) is 17.5. The molecule has 1 amide bonds. The number of para-hydroxylation sites is 1. The molecule has 1 N–H and O–H groups in total. The molecule has 2 heterocycles. The van der Waals surface area contributed by atoms with E-state index >= 15 is 0 Å². The summed E-state index contributed by atoms with van der Waals surface area (Å²) < 4.78 is 21.7. The number of benzene rings is 2. The molecule has 0 bridgehead atoms. The first-order chi connectivity index (χ1) is 15.0. The van der Waals surface area contributed by atoms with Gasteiger partial charge < -0.3 is 10.1 Å². The Bertz CT molecular complexity index is 1210. The molecule has 0 aliphatic rings. The first-order valence-corrected chi connectivity index (χ1v) is 9.93. The third-order valence-electron chi connectivity index (χ3n) is 4.33. The average Bonchev–Trinajstić information content (AvgIpc) is 3.35. The summed E-state index contributed by atoms with van der Waals surface area (Å²) in [6, 6.07) is 14.6. The van der Waals surface area contributed by atoms with Crippen molar-refractivity contribution in [3.8, 4) is 5.75 Å². The van der Waals surface area contributed by atoms with Gasteiger partial charge in [-0.3, -0.25) is 9.48 Å². The van der Waals surface area contributed by atoms with Gasteiger partial charge in [-0.2, -0.15) is 10.2 Å². The number of nitrogens with one attached hydrogen (secondary N) is 1. The van der Waals surface area contributed by atoms with E-state index in [2.05, 4.69) is 15.5 Å². The molecule has 2 aromatic carbocycles. The second-order valence-corrected chi connectivity index (χ2v) is 7.34. The van der Waals surface area contributed by atoms with Gasteiger partial charge in [0.1, 0.15) is 22.3 Å². The lowest BCUT2D eigenvalue weighted by molar-refractivity contribution is 0.100. The van der Waals surface area contributed by atoms with Crippen LogP contribution in [-0.2, 0) is 13.3 Å². The second-order valence-electron chi connectivity index (χ2n) is 6.52. The van der Waals surface area contributed by atoms with E-state index in [1.54, 1.807) is 53.3 Å². The van der Waals surface area contributed by atoms with E-state index in [0.29, 0.717) is 17.3 Å². The molecule has 0 radical (unpaired) electrons. The zero-order chi connectivity index (χ0) is 21.8. The molecule has 2 aromatic heterocycles. The minimum Gasteiger partial charge on any atom is -0.470 e. The molecule has 31 heavy (non-hydrogen) atoms. The lowest BCUT2D eigenvalue weighted by Crippen LogP contribution is -2.20. The molecule has 0 fully saturated rings. The van der Waals surface area contributed by atoms with Crippen molar-refractivity contribution in [3.05, 3.63) is 94.1 Å². The number of ether oxygens (including phenoxy) is 1. The Morgan fingerprint density at radius 1 is 1.06 bits per heavy atom. The SMILES string of the molecule is O=C(Nc1nn(Cc2ccc(F)cc2)cc1Cl)c1ccnn1COc1ccccc1Cl. The Hall–Kier alpha value is -3.36. The van der Waals surface area contributed by atoms with Gasteiger partial charge in [-0.25, -0.2) is 9.07 Å². The van der Waals surface area contributed by atoms with Gasteiger partial charge in [-0.15, -0.1) is 0 Å². The van der Waals surface area contributed by atoms with E-state index in [-0.39, 0.29) is 29.1 Å². The van der Waals surface area contributed by atoms with Crippen molar-refractivity contribution in [1.29, 1.82) is 0 Å². The molecule has 7 nitrogen and oxygen atoms in total. The Morgan fingerprint density at radius 3 is 2.61 bits per heavy atom. The summed E-state index contributed by atoms with van der Waals surface area (Å²) in [6.45, 7) is 0.367. The summed E-state index contributed by atoms with van der Waals surface area (Å²) in [5.74, 6) is -0.0818. The Kier molecular flexibility index (Phi) is 6.20. The van der Waals surface area contributed by atoms with Crippen LogP contribution in [-0.4, -0.2) is 25.5 Å². The summed E-state index contributed by atoms with van der Waals surface area (Å²) in [7, 11) is 0. The number of carbonyl (C=O) groups is 1. The van der Waals surface area contributed by atoms with Gasteiger partial charge in [-0.05, 0) is 35.9 Å². The molecule has 10 heteroatoms. The van der Waals surface area contributed by atoms with E-state index < -0.39 is 5.91 Å². The van der Waals surface area contributed by atoms with E-state index in [9.17, 15) is 9.18 Å². The van der Waals surface area contributed by atoms with Crippen LogP contribution in [0.15, 0.2) is 67.0 Å². The van der Waals surface area contributed by atoms with Crippen LogP contribution in [0, 0.1) is 5.82 Å². The molecule has 0 aliphatic carbocycles. The number of halogens is 3. The fourth-order valence-electron chi connectivity index (χ4n) is 2.83. The summed E-state index contributed by atoms with van der Waals surface area (Å²) in [6.07, 6.45) is 3.07. The molecule has 0 atom stereocenters. The number of hydrogen-bond acceptors (Lipinski definition) is 4. The third kappa shape index (κ3) is 5.04. The third-order valence-corrected chi connectivity index (χ3v) is 4.92. The van der Waals surface area contributed by atoms with Crippen LogP contribution in [0.2, 0.25) is 10.0 Å². The predicted molar refractivity (Wildman–Crippen MR) is 115 cm³/mol. The topological polar surface area (TPSA) is 74.0 Å². The standard InChI is InChI=1S/C21H16Cl2FN5O2/c22-16-3-1-2-4-19(16)31-13-29-18(9-10-25-29)21(30)26-20-17(23)12-28(27-20)11-14-5-7-15(24)8-6-14/h1-10,12H,11,13H2,(H,26,27,30). The fraction of sp³-hybridized carbons (Fsp3) is 0.0952. The molecular weight excluding hydrogens is 444 g/mol. The van der Waals surface area contributed by atoms with Crippen LogP contribution >= 0.6 is 23.2 Å². The van der Waals surface area contributed by atoms with Crippen LogP contribution < -0.4 is 10.1 Å². The minimum atomic E-state index is -0.450. The zero-order valence-electron chi connectivity index (χ0n) is 16.0. The van der Waals surface area contributed by atoms with Crippen molar-refractivity contribution < 1.29 is 13.9 Å². The van der Waals surface area contributed by atoms with Crippen molar-refractivity contribution >= 4 is 34.9 Å². The van der Waals surface area contributed by atoms with E-state index in [1.165, 1.54) is 23.0 Å². The highest BCUT2D eigenvalue weighted by atomic mass is 35.5. The first-order valence-electron chi connectivity index (χ1n) is 9.17. The number of carbonyl (C=O) groups excluding carboxylic acids is 1. The molecular formula is C21H16Cl2FN5O2. The molecule has 4 rings (SSSR count). The average molecular weight is 460 g/mol. The lowest BCUT2D eigenvalue weighted by Gasteiger charge is -2.10. The lowest BCUT2D eigenvalue weighted by atomic mass is 10.2. The van der Waals surface area contributed by atoms with E-state index in [0.717, 1.165) is 5.56 Å². The molecule has 0 spiro atoms. The quantitative estimate of drug-likeness (QED) is 0.428. The molecule has 4 aromatic rings. The minimum absolute atomic E-state index is 0.00771. The van der Waals surface area contributed by atoms with Crippen LogP contribution in [0.3, 0.4) is 0 Å². The maximum absolute atomic E-state index is 13.1. The Balaban J connectivity index is 1.43. The molecule has 158 valence electrons. The number of anilines is 1. The highest BCUT2D eigenvalue weighted by Crippen LogP contribution is 2.24. The van der Waals surface area contributed by atoms with Gasteiger partial charge in [0.2, 0.25) is 0 Å². The Labute approximate surface area is 187 Å². The fourth-order valence-corrected chi connectivity index (χ4v) is 3.22. The number of rotatable bonds is 7. The number of hydrogen-bond donors (Lipinski definition) is 1. The van der Waals surface area contributed by atoms with Crippen molar-refractivity contribution in [3.63, 3.8) is 0 Å². The summed E-state index contributed by atoms with van der Waals surface area (Å²) in [5.41, 5.74) is 1.10. The van der Waals surface area contributed by atoms with Crippen molar-refractivity contribution in [2.24, 2.45) is 0 Å². The maximum atomic E-state index is 13.1. The number of nitrogens with zero attached hydrogens (tertiary/aromatic N) is 4. The summed E-state index contributed by atoms with van der Waals surface area (Å²) in [4.78, 5) is 12.7. The largest absolute Gasteiger partial charge is 0.470 e. The van der Waals surface area contributed by atoms with E-state index in [4.69, 9.17) is 27.9 Å². The molecule has 0 saturated carbocycles. The van der Waals surface area contributed by atoms with Crippen molar-refractivity contribution in [1.82, 2.24) is 19.6 Å². The predicted octanol–water partition coefficient (Wildman–Crippen LogP) is 4.86.